The molecule has 1 amide bonds. The van der Waals surface area contributed by atoms with Gasteiger partial charge in [-0.25, -0.2) is 4.98 Å². The van der Waals surface area contributed by atoms with Crippen LogP contribution in [0.2, 0.25) is 0 Å². The van der Waals surface area contributed by atoms with Gasteiger partial charge in [0.25, 0.3) is 0 Å². The van der Waals surface area contributed by atoms with Crippen LogP contribution in [0.5, 0.6) is 0 Å². The van der Waals surface area contributed by atoms with E-state index in [1.807, 2.05) is 12.3 Å². The Morgan fingerprint density at radius 1 is 1.73 bits per heavy atom. The topological polar surface area (TPSA) is 59.2 Å². The van der Waals surface area contributed by atoms with Gasteiger partial charge >= 0.3 is 0 Å². The van der Waals surface area contributed by atoms with Gasteiger partial charge in [-0.1, -0.05) is 0 Å². The van der Waals surface area contributed by atoms with Crippen LogP contribution in [0, 0.1) is 0 Å². The van der Waals surface area contributed by atoms with Crippen molar-refractivity contribution in [1.82, 2.24) is 9.88 Å². The summed E-state index contributed by atoms with van der Waals surface area (Å²) in [6.45, 7) is 2.44. The number of hydrogen-bond donors (Lipinski definition) is 1. The molecule has 84 valence electrons. The van der Waals surface area contributed by atoms with Gasteiger partial charge in [-0.15, -0.1) is 11.3 Å². The van der Waals surface area contributed by atoms with E-state index < -0.39 is 0 Å². The Balaban J connectivity index is 2.36. The number of carbonyl (C=O) groups excluding carboxylic acids is 1. The van der Waals surface area contributed by atoms with Crippen LogP contribution in [-0.4, -0.2) is 35.4 Å². The maximum absolute atomic E-state index is 11.7. The number of carbonyl (C=O) groups is 1. The Labute approximate surface area is 94.1 Å². The number of amides is 1. The molecule has 0 radical (unpaired) electrons. The standard InChI is InChI=1S/C10H17N3OS/c1-8(5-11)13(2)10(14)4-3-9-6-15-7-12-9/h6-8H,3-5,11H2,1-2H3. The zero-order valence-corrected chi connectivity index (χ0v) is 9.96. The van der Waals surface area contributed by atoms with E-state index in [1.165, 1.54) is 0 Å². The fraction of sp³-hybridized carbons (Fsp3) is 0.600. The predicted octanol–water partition coefficient (Wildman–Crippen LogP) is 0.881. The summed E-state index contributed by atoms with van der Waals surface area (Å²) in [5, 5.41) is 1.97. The van der Waals surface area contributed by atoms with Crippen LogP contribution in [0.25, 0.3) is 0 Å². The van der Waals surface area contributed by atoms with Crippen LogP contribution in [0.3, 0.4) is 0 Å². The molecule has 5 heteroatoms. The highest BCUT2D eigenvalue weighted by Gasteiger charge is 2.14. The summed E-state index contributed by atoms with van der Waals surface area (Å²) >= 11 is 1.55. The first-order valence-electron chi connectivity index (χ1n) is 4.98. The summed E-state index contributed by atoms with van der Waals surface area (Å²) < 4.78 is 0. The van der Waals surface area contributed by atoms with Crippen molar-refractivity contribution in [3.05, 3.63) is 16.6 Å². The Kier molecular flexibility index (Phi) is 4.71. The van der Waals surface area contributed by atoms with Gasteiger partial charge in [0.2, 0.25) is 5.91 Å². The molecule has 0 aliphatic heterocycles. The number of hydrogen-bond acceptors (Lipinski definition) is 4. The minimum Gasteiger partial charge on any atom is -0.342 e. The molecule has 0 bridgehead atoms. The van der Waals surface area contributed by atoms with E-state index in [9.17, 15) is 4.79 Å². The smallest absolute Gasteiger partial charge is 0.222 e. The molecule has 0 saturated carbocycles. The lowest BCUT2D eigenvalue weighted by Crippen LogP contribution is -2.39. The molecule has 0 fully saturated rings. The highest BCUT2D eigenvalue weighted by Crippen LogP contribution is 2.06. The van der Waals surface area contributed by atoms with Crippen molar-refractivity contribution in [2.75, 3.05) is 13.6 Å². The molecule has 2 N–H and O–H groups in total. The molecule has 1 unspecified atom stereocenters. The van der Waals surface area contributed by atoms with Crippen molar-refractivity contribution in [1.29, 1.82) is 0 Å². The number of aryl methyl sites for hydroxylation is 1. The molecule has 15 heavy (non-hydrogen) atoms. The highest BCUT2D eigenvalue weighted by molar-refractivity contribution is 7.07. The molecule has 0 spiro atoms. The van der Waals surface area contributed by atoms with Crippen molar-refractivity contribution in [3.63, 3.8) is 0 Å². The Morgan fingerprint density at radius 3 is 3.00 bits per heavy atom. The van der Waals surface area contributed by atoms with Crippen molar-refractivity contribution in [2.24, 2.45) is 5.73 Å². The second kappa shape index (κ2) is 5.82. The van der Waals surface area contributed by atoms with Crippen LogP contribution in [0.1, 0.15) is 19.0 Å². The summed E-state index contributed by atoms with van der Waals surface area (Å²) in [4.78, 5) is 17.5. The molecule has 0 saturated heterocycles. The number of nitrogens with zero attached hydrogens (tertiary/aromatic N) is 2. The van der Waals surface area contributed by atoms with Gasteiger partial charge in [0.05, 0.1) is 11.2 Å². The fourth-order valence-electron chi connectivity index (χ4n) is 1.18. The molecule has 1 rings (SSSR count). The maximum atomic E-state index is 11.7. The monoisotopic (exact) mass is 227 g/mol. The molecule has 1 atom stereocenters. The second-order valence-electron chi connectivity index (χ2n) is 3.57. The van der Waals surface area contributed by atoms with Crippen LogP contribution in [0.4, 0.5) is 0 Å². The lowest BCUT2D eigenvalue weighted by atomic mass is 10.2. The van der Waals surface area contributed by atoms with Gasteiger partial charge in [-0.05, 0) is 13.3 Å². The summed E-state index contributed by atoms with van der Waals surface area (Å²) in [5.74, 6) is 0.126. The van der Waals surface area contributed by atoms with E-state index in [4.69, 9.17) is 5.73 Å². The normalized spacial score (nSPS) is 12.5. The average molecular weight is 227 g/mol. The number of nitrogens with two attached hydrogens (primary N) is 1. The maximum Gasteiger partial charge on any atom is 0.222 e. The lowest BCUT2D eigenvalue weighted by Gasteiger charge is -2.23. The molecule has 0 aromatic carbocycles. The predicted molar refractivity (Wildman–Crippen MR) is 61.7 cm³/mol. The third-order valence-electron chi connectivity index (χ3n) is 2.47. The highest BCUT2D eigenvalue weighted by atomic mass is 32.1. The van der Waals surface area contributed by atoms with Crippen LogP contribution < -0.4 is 5.73 Å². The molecule has 1 heterocycles. The first kappa shape index (κ1) is 12.1. The molecular formula is C10H17N3OS. The third-order valence-corrected chi connectivity index (χ3v) is 3.11. The Bertz CT molecular complexity index is 300. The first-order chi connectivity index (χ1) is 7.15. The summed E-state index contributed by atoms with van der Waals surface area (Å²) in [6, 6.07) is 0.105. The minimum atomic E-state index is 0.105. The van der Waals surface area contributed by atoms with E-state index in [1.54, 1.807) is 28.8 Å². The van der Waals surface area contributed by atoms with E-state index in [2.05, 4.69) is 4.98 Å². The molecule has 0 aliphatic rings. The van der Waals surface area contributed by atoms with Crippen molar-refractivity contribution >= 4 is 17.2 Å². The summed E-state index contributed by atoms with van der Waals surface area (Å²) in [5.41, 5.74) is 8.27. The van der Waals surface area contributed by atoms with E-state index in [0.29, 0.717) is 19.4 Å². The number of thiazole rings is 1. The molecule has 4 nitrogen and oxygen atoms in total. The zero-order valence-electron chi connectivity index (χ0n) is 9.14. The quantitative estimate of drug-likeness (QED) is 0.812. The van der Waals surface area contributed by atoms with Crippen LogP contribution in [-0.2, 0) is 11.2 Å². The van der Waals surface area contributed by atoms with Gasteiger partial charge in [-0.2, -0.15) is 0 Å². The van der Waals surface area contributed by atoms with Gasteiger partial charge in [0.15, 0.2) is 0 Å². The first-order valence-corrected chi connectivity index (χ1v) is 5.92. The second-order valence-corrected chi connectivity index (χ2v) is 4.29. The summed E-state index contributed by atoms with van der Waals surface area (Å²) in [6.07, 6.45) is 1.22. The SMILES string of the molecule is CC(CN)N(C)C(=O)CCc1cscn1. The number of likely N-dealkylation sites (N-methyl/N-ethyl adjacent to an activating group) is 1. The molecule has 0 aliphatic carbocycles. The zero-order chi connectivity index (χ0) is 11.3. The van der Waals surface area contributed by atoms with Gasteiger partial charge in [-0.3, -0.25) is 4.79 Å². The lowest BCUT2D eigenvalue weighted by molar-refractivity contribution is -0.131. The molecule has 1 aromatic heterocycles. The largest absolute Gasteiger partial charge is 0.342 e. The van der Waals surface area contributed by atoms with E-state index in [-0.39, 0.29) is 11.9 Å². The third kappa shape index (κ3) is 3.60. The van der Waals surface area contributed by atoms with Crippen molar-refractivity contribution in [2.45, 2.75) is 25.8 Å². The number of aromatic nitrogens is 1. The van der Waals surface area contributed by atoms with Gasteiger partial charge < -0.3 is 10.6 Å². The number of rotatable bonds is 5. The fourth-order valence-corrected chi connectivity index (χ4v) is 1.77. The van der Waals surface area contributed by atoms with Gasteiger partial charge in [0, 0.05) is 31.4 Å². The van der Waals surface area contributed by atoms with Crippen LogP contribution >= 0.6 is 11.3 Å². The van der Waals surface area contributed by atoms with Gasteiger partial charge in [0.1, 0.15) is 0 Å². The minimum absolute atomic E-state index is 0.105. The summed E-state index contributed by atoms with van der Waals surface area (Å²) in [7, 11) is 1.79. The molecule has 1 aromatic rings. The van der Waals surface area contributed by atoms with E-state index in [0.717, 1.165) is 5.69 Å². The van der Waals surface area contributed by atoms with Crippen molar-refractivity contribution in [3.8, 4) is 0 Å². The van der Waals surface area contributed by atoms with E-state index >= 15 is 0 Å². The Hall–Kier alpha value is -0.940. The van der Waals surface area contributed by atoms with Crippen molar-refractivity contribution < 1.29 is 4.79 Å². The Morgan fingerprint density at radius 2 is 2.47 bits per heavy atom. The average Bonchev–Trinajstić information content (AvgIpc) is 2.76. The molecular weight excluding hydrogens is 210 g/mol. The van der Waals surface area contributed by atoms with Crippen LogP contribution in [0.15, 0.2) is 10.9 Å².